The number of hydrogen-bond acceptors (Lipinski definition) is 2. The monoisotopic (exact) mass is 354 g/mol. The van der Waals surface area contributed by atoms with Crippen LogP contribution in [0.3, 0.4) is 0 Å². The fourth-order valence-electron chi connectivity index (χ4n) is 1.78. The number of halogens is 3. The second-order valence-electron chi connectivity index (χ2n) is 4.82. The predicted octanol–water partition coefficient (Wildman–Crippen LogP) is 3.81. The first-order valence-corrected chi connectivity index (χ1v) is 7.41. The van der Waals surface area contributed by atoms with E-state index in [9.17, 15) is 14.0 Å². The Balaban J connectivity index is 1.91. The summed E-state index contributed by atoms with van der Waals surface area (Å²) in [5.41, 5.74) is 1.09. The van der Waals surface area contributed by atoms with Gasteiger partial charge in [0, 0.05) is 11.3 Å². The van der Waals surface area contributed by atoms with E-state index in [1.807, 2.05) is 0 Å². The number of carbonyl (C=O) groups is 2. The highest BCUT2D eigenvalue weighted by molar-refractivity contribution is 6.42. The number of carbonyl (C=O) groups excluding carboxylic acids is 2. The Morgan fingerprint density at radius 3 is 2.48 bits per heavy atom. The lowest BCUT2D eigenvalue weighted by atomic mass is 10.2. The summed E-state index contributed by atoms with van der Waals surface area (Å²) in [7, 11) is 0. The Morgan fingerprint density at radius 1 is 1.09 bits per heavy atom. The number of amides is 2. The average molecular weight is 355 g/mol. The molecule has 0 saturated heterocycles. The van der Waals surface area contributed by atoms with Gasteiger partial charge in [0.15, 0.2) is 0 Å². The minimum Gasteiger partial charge on any atom is -0.343 e. The molecular formula is C16H13Cl2FN2O2. The molecule has 0 fully saturated rings. The van der Waals surface area contributed by atoms with Crippen molar-refractivity contribution in [3.63, 3.8) is 0 Å². The number of nitrogens with one attached hydrogen (secondary N) is 2. The van der Waals surface area contributed by atoms with Crippen LogP contribution in [0.25, 0.3) is 0 Å². The van der Waals surface area contributed by atoms with Crippen LogP contribution in [0.15, 0.2) is 36.4 Å². The number of anilines is 1. The van der Waals surface area contributed by atoms with E-state index in [2.05, 4.69) is 10.6 Å². The van der Waals surface area contributed by atoms with Crippen LogP contribution in [-0.4, -0.2) is 18.4 Å². The third kappa shape index (κ3) is 4.68. The Kier molecular flexibility index (Phi) is 5.58. The van der Waals surface area contributed by atoms with Crippen molar-refractivity contribution in [2.45, 2.75) is 6.92 Å². The summed E-state index contributed by atoms with van der Waals surface area (Å²) in [6.07, 6.45) is 0. The first kappa shape index (κ1) is 17.2. The lowest BCUT2D eigenvalue weighted by molar-refractivity contribution is -0.115. The van der Waals surface area contributed by atoms with Crippen molar-refractivity contribution in [3.8, 4) is 0 Å². The summed E-state index contributed by atoms with van der Waals surface area (Å²) in [6.45, 7) is 1.37. The highest BCUT2D eigenvalue weighted by Gasteiger charge is 2.10. The van der Waals surface area contributed by atoms with Gasteiger partial charge in [-0.3, -0.25) is 9.59 Å². The second-order valence-corrected chi connectivity index (χ2v) is 5.64. The van der Waals surface area contributed by atoms with Gasteiger partial charge in [-0.1, -0.05) is 29.3 Å². The van der Waals surface area contributed by atoms with Crippen LogP contribution in [0, 0.1) is 12.7 Å². The topological polar surface area (TPSA) is 58.2 Å². The van der Waals surface area contributed by atoms with Crippen molar-refractivity contribution < 1.29 is 14.0 Å². The molecule has 2 aromatic carbocycles. The zero-order valence-electron chi connectivity index (χ0n) is 12.1. The standard InChI is InChI=1S/C16H13Cl2FN2O2/c1-9-2-4-11(7-14(9)19)21-15(22)8-20-16(23)10-3-5-12(17)13(18)6-10/h2-7H,8H2,1H3,(H,20,23)(H,21,22). The summed E-state index contributed by atoms with van der Waals surface area (Å²) in [6, 6.07) is 8.75. The first-order chi connectivity index (χ1) is 10.9. The summed E-state index contributed by atoms with van der Waals surface area (Å²) in [4.78, 5) is 23.7. The maximum atomic E-state index is 13.4. The molecule has 0 unspecified atom stereocenters. The summed E-state index contributed by atoms with van der Waals surface area (Å²) < 4.78 is 13.4. The predicted molar refractivity (Wildman–Crippen MR) is 88.6 cm³/mol. The third-order valence-electron chi connectivity index (χ3n) is 3.05. The van der Waals surface area contributed by atoms with Gasteiger partial charge in [-0.05, 0) is 42.8 Å². The van der Waals surface area contributed by atoms with E-state index < -0.39 is 17.6 Å². The van der Waals surface area contributed by atoms with Gasteiger partial charge in [0.05, 0.1) is 16.6 Å². The zero-order chi connectivity index (χ0) is 17.0. The van der Waals surface area contributed by atoms with E-state index in [4.69, 9.17) is 23.2 Å². The van der Waals surface area contributed by atoms with Gasteiger partial charge >= 0.3 is 0 Å². The molecule has 0 aliphatic carbocycles. The summed E-state index contributed by atoms with van der Waals surface area (Å²) >= 11 is 11.6. The Morgan fingerprint density at radius 2 is 1.83 bits per heavy atom. The van der Waals surface area contributed by atoms with E-state index >= 15 is 0 Å². The van der Waals surface area contributed by atoms with Gasteiger partial charge in [0.2, 0.25) is 5.91 Å². The molecule has 2 N–H and O–H groups in total. The van der Waals surface area contributed by atoms with Gasteiger partial charge in [-0.25, -0.2) is 4.39 Å². The normalized spacial score (nSPS) is 10.3. The molecule has 0 aliphatic rings. The van der Waals surface area contributed by atoms with Crippen LogP contribution in [0.2, 0.25) is 10.0 Å². The molecule has 23 heavy (non-hydrogen) atoms. The van der Waals surface area contributed by atoms with E-state index in [0.29, 0.717) is 16.3 Å². The fourth-order valence-corrected chi connectivity index (χ4v) is 2.07. The maximum Gasteiger partial charge on any atom is 0.251 e. The fraction of sp³-hybridized carbons (Fsp3) is 0.125. The lowest BCUT2D eigenvalue weighted by Crippen LogP contribution is -2.32. The number of benzene rings is 2. The van der Waals surface area contributed by atoms with Gasteiger partial charge in [-0.2, -0.15) is 0 Å². The first-order valence-electron chi connectivity index (χ1n) is 6.66. The van der Waals surface area contributed by atoms with Crippen molar-refractivity contribution in [2.24, 2.45) is 0 Å². The smallest absolute Gasteiger partial charge is 0.251 e. The molecule has 120 valence electrons. The van der Waals surface area contributed by atoms with Crippen LogP contribution < -0.4 is 10.6 Å². The Labute approximate surface area is 142 Å². The van der Waals surface area contributed by atoms with Crippen LogP contribution >= 0.6 is 23.2 Å². The minimum atomic E-state index is -0.471. The Bertz CT molecular complexity index is 766. The molecule has 0 aromatic heterocycles. The van der Waals surface area contributed by atoms with E-state index in [0.717, 1.165) is 0 Å². The van der Waals surface area contributed by atoms with Gasteiger partial charge < -0.3 is 10.6 Å². The van der Waals surface area contributed by atoms with Crippen molar-refractivity contribution in [2.75, 3.05) is 11.9 Å². The largest absolute Gasteiger partial charge is 0.343 e. The second kappa shape index (κ2) is 7.44. The van der Waals surface area contributed by atoms with Crippen LogP contribution in [0.4, 0.5) is 10.1 Å². The van der Waals surface area contributed by atoms with Crippen LogP contribution in [0.5, 0.6) is 0 Å². The molecular weight excluding hydrogens is 342 g/mol. The molecule has 2 amide bonds. The van der Waals surface area contributed by atoms with E-state index in [1.165, 1.54) is 24.3 Å². The van der Waals surface area contributed by atoms with Crippen molar-refractivity contribution in [1.29, 1.82) is 0 Å². The highest BCUT2D eigenvalue weighted by Crippen LogP contribution is 2.22. The summed E-state index contributed by atoms with van der Waals surface area (Å²) in [5, 5.41) is 5.53. The van der Waals surface area contributed by atoms with E-state index in [1.54, 1.807) is 19.1 Å². The molecule has 7 heteroatoms. The molecule has 0 heterocycles. The van der Waals surface area contributed by atoms with Crippen molar-refractivity contribution >= 4 is 40.7 Å². The van der Waals surface area contributed by atoms with Crippen LogP contribution in [-0.2, 0) is 4.79 Å². The highest BCUT2D eigenvalue weighted by atomic mass is 35.5. The number of hydrogen-bond donors (Lipinski definition) is 2. The van der Waals surface area contributed by atoms with Gasteiger partial charge in [0.1, 0.15) is 5.82 Å². The quantitative estimate of drug-likeness (QED) is 0.876. The van der Waals surface area contributed by atoms with Crippen molar-refractivity contribution in [1.82, 2.24) is 5.32 Å². The third-order valence-corrected chi connectivity index (χ3v) is 3.79. The average Bonchev–Trinajstić information content (AvgIpc) is 2.51. The molecule has 2 rings (SSSR count). The molecule has 4 nitrogen and oxygen atoms in total. The molecule has 0 bridgehead atoms. The van der Waals surface area contributed by atoms with Crippen LogP contribution in [0.1, 0.15) is 15.9 Å². The van der Waals surface area contributed by atoms with Gasteiger partial charge in [0.25, 0.3) is 5.91 Å². The molecule has 0 atom stereocenters. The lowest BCUT2D eigenvalue weighted by Gasteiger charge is -2.08. The molecule has 0 saturated carbocycles. The minimum absolute atomic E-state index is 0.249. The maximum absolute atomic E-state index is 13.4. The zero-order valence-corrected chi connectivity index (χ0v) is 13.6. The summed E-state index contributed by atoms with van der Waals surface area (Å²) in [5.74, 6) is -1.35. The SMILES string of the molecule is Cc1ccc(NC(=O)CNC(=O)c2ccc(Cl)c(Cl)c2)cc1F. The van der Waals surface area contributed by atoms with E-state index in [-0.39, 0.29) is 17.1 Å². The molecule has 0 radical (unpaired) electrons. The van der Waals surface area contributed by atoms with Crippen molar-refractivity contribution in [3.05, 3.63) is 63.4 Å². The Hall–Kier alpha value is -2.11. The number of rotatable bonds is 4. The molecule has 0 aliphatic heterocycles. The van der Waals surface area contributed by atoms with Gasteiger partial charge in [-0.15, -0.1) is 0 Å². The molecule has 0 spiro atoms. The molecule has 2 aromatic rings. The number of aryl methyl sites for hydroxylation is 1.